The summed E-state index contributed by atoms with van der Waals surface area (Å²) in [5.41, 5.74) is -3.32. The maximum atomic E-state index is 15.0. The molecule has 0 atom stereocenters. The Balaban J connectivity index is 1.55. The van der Waals surface area contributed by atoms with Crippen molar-refractivity contribution in [1.29, 1.82) is 0 Å². The minimum atomic E-state index is -4.85. The van der Waals surface area contributed by atoms with Gasteiger partial charge in [0.15, 0.2) is 0 Å². The molecule has 3 aromatic rings. The van der Waals surface area contributed by atoms with E-state index in [-0.39, 0.29) is 30.0 Å². The van der Waals surface area contributed by atoms with Crippen molar-refractivity contribution in [2.75, 3.05) is 0 Å². The van der Waals surface area contributed by atoms with Crippen molar-refractivity contribution in [3.05, 3.63) is 83.2 Å². The first-order valence-corrected chi connectivity index (χ1v) is 13.3. The fourth-order valence-electron chi connectivity index (χ4n) is 5.30. The van der Waals surface area contributed by atoms with Gasteiger partial charge in [0.05, 0.1) is 11.5 Å². The summed E-state index contributed by atoms with van der Waals surface area (Å²) >= 11 is 0. The molecule has 1 aliphatic carbocycles. The van der Waals surface area contributed by atoms with Crippen LogP contribution in [0.25, 0.3) is 28.3 Å². The van der Waals surface area contributed by atoms with Crippen LogP contribution in [-0.2, 0) is 0 Å². The summed E-state index contributed by atoms with van der Waals surface area (Å²) in [6.07, 6.45) is -4.87. The first-order valence-electron chi connectivity index (χ1n) is 13.3. The van der Waals surface area contributed by atoms with Gasteiger partial charge in [-0.05, 0) is 85.2 Å². The van der Waals surface area contributed by atoms with Crippen molar-refractivity contribution in [2.24, 2.45) is 11.8 Å². The molecule has 1 fully saturated rings. The molecule has 0 aromatic heterocycles. The zero-order valence-electron chi connectivity index (χ0n) is 22.3. The smallest absolute Gasteiger partial charge is 0.409 e. The minimum absolute atomic E-state index is 0.147. The van der Waals surface area contributed by atoms with Crippen molar-refractivity contribution in [2.45, 2.75) is 57.7 Å². The van der Waals surface area contributed by atoms with Crippen molar-refractivity contribution < 1.29 is 48.6 Å². The molecule has 226 valence electrons. The number of halogens is 10. The van der Waals surface area contributed by atoms with E-state index >= 15 is 0 Å². The molecule has 11 heteroatoms. The summed E-state index contributed by atoms with van der Waals surface area (Å²) in [4.78, 5) is 0. The molecule has 42 heavy (non-hydrogen) atoms. The number of hydrogen-bond donors (Lipinski definition) is 0. The van der Waals surface area contributed by atoms with Crippen LogP contribution in [0.15, 0.2) is 48.5 Å². The van der Waals surface area contributed by atoms with E-state index in [0.717, 1.165) is 25.0 Å². The first kappa shape index (κ1) is 31.4. The lowest BCUT2D eigenvalue weighted by atomic mass is 9.79. The van der Waals surface area contributed by atoms with Gasteiger partial charge < -0.3 is 4.74 Å². The van der Waals surface area contributed by atoms with Crippen LogP contribution in [-0.4, -0.2) is 12.3 Å². The maximum absolute atomic E-state index is 15.0. The summed E-state index contributed by atoms with van der Waals surface area (Å²) in [5, 5.41) is 0. The van der Waals surface area contributed by atoms with E-state index in [4.69, 9.17) is 4.74 Å². The molecule has 0 N–H and O–H groups in total. The number of alkyl halides is 5. The van der Waals surface area contributed by atoms with Crippen molar-refractivity contribution >= 4 is 6.08 Å². The average Bonchev–Trinajstić information content (AvgIpc) is 2.87. The monoisotopic (exact) mass is 604 g/mol. The molecule has 0 radical (unpaired) electrons. The second kappa shape index (κ2) is 12.4. The third-order valence-corrected chi connectivity index (χ3v) is 7.37. The third-order valence-electron chi connectivity index (χ3n) is 7.37. The largest absolute Gasteiger partial charge is 0.432 e. The average molecular weight is 605 g/mol. The third kappa shape index (κ3) is 7.28. The van der Waals surface area contributed by atoms with Crippen LogP contribution >= 0.6 is 0 Å². The molecule has 3 aromatic carbocycles. The van der Waals surface area contributed by atoms with Gasteiger partial charge in [0, 0.05) is 23.3 Å². The van der Waals surface area contributed by atoms with E-state index < -0.39 is 75.8 Å². The molecule has 0 unspecified atom stereocenters. The fraction of sp³-hybridized carbons (Fsp3) is 0.355. The molecule has 0 bridgehead atoms. The van der Waals surface area contributed by atoms with Crippen molar-refractivity contribution in [1.82, 2.24) is 0 Å². The first-order chi connectivity index (χ1) is 19.7. The van der Waals surface area contributed by atoms with Crippen LogP contribution in [0.3, 0.4) is 0 Å². The summed E-state index contributed by atoms with van der Waals surface area (Å²) in [5.74, 6) is -7.93. The summed E-state index contributed by atoms with van der Waals surface area (Å²) in [7, 11) is 0. The Kier molecular flexibility index (Phi) is 9.27. The predicted octanol–water partition coefficient (Wildman–Crippen LogP) is 10.9. The van der Waals surface area contributed by atoms with Gasteiger partial charge in [0.1, 0.15) is 34.8 Å². The van der Waals surface area contributed by atoms with Crippen LogP contribution in [0.2, 0.25) is 0 Å². The Morgan fingerprint density at radius 1 is 0.738 bits per heavy atom. The lowest BCUT2D eigenvalue weighted by Gasteiger charge is -2.33. The molecule has 0 aliphatic heterocycles. The van der Waals surface area contributed by atoms with Crippen molar-refractivity contribution in [3.8, 4) is 28.0 Å². The normalized spacial score (nSPS) is 18.1. The van der Waals surface area contributed by atoms with Crippen LogP contribution in [0, 0.1) is 40.9 Å². The molecule has 0 heterocycles. The molecule has 0 saturated heterocycles. The van der Waals surface area contributed by atoms with Crippen LogP contribution in [0.5, 0.6) is 5.75 Å². The van der Waals surface area contributed by atoms with Gasteiger partial charge in [0.2, 0.25) is 0 Å². The van der Waals surface area contributed by atoms with Gasteiger partial charge in [-0.2, -0.15) is 22.0 Å². The number of hydrogen-bond acceptors (Lipinski definition) is 1. The van der Waals surface area contributed by atoms with Gasteiger partial charge in [0.25, 0.3) is 0 Å². The van der Waals surface area contributed by atoms with E-state index in [1.807, 2.05) is 6.92 Å². The molecule has 4 rings (SSSR count). The molecular formula is C31H26F10O. The standard InChI is InChI=1S/C31H26F10O/c1-2-3-17-4-6-20(7-5-17)31(40,41)42-21-8-9-22(26(34)16-21)18-12-27(35)29(28(36)13-18)19-14-24(32)23(25(33)15-19)10-11-30(37,38)39/h8-17,20H,2-7H2,1H3. The van der Waals surface area contributed by atoms with E-state index in [9.17, 15) is 43.9 Å². The number of ether oxygens (including phenoxy) is 1. The Labute approximate surface area is 235 Å². The van der Waals surface area contributed by atoms with Crippen molar-refractivity contribution in [3.63, 3.8) is 0 Å². The molecule has 1 aliphatic rings. The van der Waals surface area contributed by atoms with Gasteiger partial charge in [-0.3, -0.25) is 0 Å². The van der Waals surface area contributed by atoms with E-state index in [1.165, 1.54) is 0 Å². The Bertz CT molecular complexity index is 1410. The molecule has 0 amide bonds. The quantitative estimate of drug-likeness (QED) is 0.233. The Hall–Kier alpha value is -3.50. The summed E-state index contributed by atoms with van der Waals surface area (Å²) in [6.45, 7) is 2.03. The number of rotatable bonds is 8. The van der Waals surface area contributed by atoms with Crippen LogP contribution in [0.4, 0.5) is 43.9 Å². The highest BCUT2D eigenvalue weighted by atomic mass is 19.4. The minimum Gasteiger partial charge on any atom is -0.432 e. The zero-order valence-corrected chi connectivity index (χ0v) is 22.3. The lowest BCUT2D eigenvalue weighted by molar-refractivity contribution is -0.223. The highest BCUT2D eigenvalue weighted by molar-refractivity contribution is 5.73. The Morgan fingerprint density at radius 2 is 1.31 bits per heavy atom. The summed E-state index contributed by atoms with van der Waals surface area (Å²) < 4.78 is 145. The van der Waals surface area contributed by atoms with Gasteiger partial charge in [-0.15, -0.1) is 0 Å². The van der Waals surface area contributed by atoms with Gasteiger partial charge in [-0.1, -0.05) is 19.8 Å². The maximum Gasteiger partial charge on any atom is 0.409 e. The van der Waals surface area contributed by atoms with E-state index in [1.54, 1.807) is 0 Å². The van der Waals surface area contributed by atoms with E-state index in [2.05, 4.69) is 0 Å². The topological polar surface area (TPSA) is 9.23 Å². The predicted molar refractivity (Wildman–Crippen MR) is 138 cm³/mol. The summed E-state index contributed by atoms with van der Waals surface area (Å²) in [6, 6.07) is 4.99. The van der Waals surface area contributed by atoms with Crippen LogP contribution < -0.4 is 4.74 Å². The number of benzene rings is 3. The van der Waals surface area contributed by atoms with E-state index in [0.29, 0.717) is 49.1 Å². The zero-order chi connectivity index (χ0) is 30.8. The highest BCUT2D eigenvalue weighted by Gasteiger charge is 2.44. The van der Waals surface area contributed by atoms with Crippen LogP contribution in [0.1, 0.15) is 51.0 Å². The molecule has 1 saturated carbocycles. The molecule has 1 nitrogen and oxygen atoms in total. The SMILES string of the molecule is CCCC1CCC(C(F)(F)Oc2ccc(-c3cc(F)c(-c4cc(F)c(C=CC(F)(F)F)c(F)c4)c(F)c3)c(F)c2)CC1. The molecular weight excluding hydrogens is 578 g/mol. The van der Waals surface area contributed by atoms with Gasteiger partial charge in [-0.25, -0.2) is 22.0 Å². The second-order valence-electron chi connectivity index (χ2n) is 10.4. The number of allylic oxidation sites excluding steroid dienone is 1. The Morgan fingerprint density at radius 3 is 1.83 bits per heavy atom. The van der Waals surface area contributed by atoms with Gasteiger partial charge >= 0.3 is 12.3 Å². The highest BCUT2D eigenvalue weighted by Crippen LogP contribution is 2.42. The fourth-order valence-corrected chi connectivity index (χ4v) is 5.30. The lowest BCUT2D eigenvalue weighted by Crippen LogP contribution is -2.37. The second-order valence-corrected chi connectivity index (χ2v) is 10.4. The molecule has 0 spiro atoms.